The number of nitrogens with zero attached hydrogens (tertiary/aromatic N) is 6. The molecule has 0 spiro atoms. The van der Waals surface area contributed by atoms with Crippen molar-refractivity contribution in [2.75, 3.05) is 31.5 Å². The van der Waals surface area contributed by atoms with Gasteiger partial charge in [0.15, 0.2) is 5.65 Å². The first kappa shape index (κ1) is 23.8. The summed E-state index contributed by atoms with van der Waals surface area (Å²) in [6.45, 7) is 6.01. The van der Waals surface area contributed by atoms with Crippen molar-refractivity contribution in [2.24, 2.45) is 0 Å². The SMILES string of the molecule is Cc1cc2nc(-c3ccccc3)cc(Nc3ccc(C(=O)N4CCN(Cc5ccncc5)CC4)cc3)n2n1. The first-order valence-corrected chi connectivity index (χ1v) is 12.8. The highest BCUT2D eigenvalue weighted by Crippen LogP contribution is 2.25. The van der Waals surface area contributed by atoms with Crippen LogP contribution in [0.1, 0.15) is 21.6 Å². The van der Waals surface area contributed by atoms with E-state index in [1.807, 2.05) is 108 Å². The number of aromatic nitrogens is 4. The summed E-state index contributed by atoms with van der Waals surface area (Å²) in [5.41, 5.74) is 6.40. The molecule has 3 aromatic heterocycles. The van der Waals surface area contributed by atoms with Gasteiger partial charge in [-0.25, -0.2) is 4.98 Å². The van der Waals surface area contributed by atoms with Gasteiger partial charge in [-0.15, -0.1) is 0 Å². The van der Waals surface area contributed by atoms with Crippen LogP contribution in [0.3, 0.4) is 0 Å². The predicted octanol–water partition coefficient (Wildman–Crippen LogP) is 4.80. The zero-order valence-corrected chi connectivity index (χ0v) is 21.3. The molecule has 1 amide bonds. The van der Waals surface area contributed by atoms with E-state index in [0.29, 0.717) is 5.56 Å². The number of nitrogens with one attached hydrogen (secondary N) is 1. The van der Waals surface area contributed by atoms with Crippen LogP contribution in [0, 0.1) is 6.92 Å². The Labute approximate surface area is 221 Å². The van der Waals surface area contributed by atoms with Gasteiger partial charge in [0.2, 0.25) is 0 Å². The van der Waals surface area contributed by atoms with E-state index in [4.69, 9.17) is 4.98 Å². The maximum absolute atomic E-state index is 13.2. The zero-order chi connectivity index (χ0) is 25.9. The molecule has 38 heavy (non-hydrogen) atoms. The molecule has 6 rings (SSSR count). The second-order valence-electron chi connectivity index (χ2n) is 9.57. The van der Waals surface area contributed by atoms with E-state index in [1.165, 1.54) is 5.56 Å². The number of aryl methyl sites for hydroxylation is 1. The van der Waals surface area contributed by atoms with Crippen molar-refractivity contribution in [3.05, 3.63) is 108 Å². The van der Waals surface area contributed by atoms with Gasteiger partial charge < -0.3 is 10.2 Å². The molecule has 5 aromatic rings. The fourth-order valence-electron chi connectivity index (χ4n) is 4.82. The van der Waals surface area contributed by atoms with Gasteiger partial charge in [-0.2, -0.15) is 9.61 Å². The maximum atomic E-state index is 13.2. The van der Waals surface area contributed by atoms with Crippen LogP contribution in [0.4, 0.5) is 11.5 Å². The molecule has 8 nitrogen and oxygen atoms in total. The van der Waals surface area contributed by atoms with E-state index in [0.717, 1.165) is 66.8 Å². The molecule has 1 aliphatic rings. The first-order valence-electron chi connectivity index (χ1n) is 12.8. The molecule has 1 saturated heterocycles. The summed E-state index contributed by atoms with van der Waals surface area (Å²) in [6.07, 6.45) is 3.65. The van der Waals surface area contributed by atoms with Gasteiger partial charge in [0.1, 0.15) is 5.82 Å². The lowest BCUT2D eigenvalue weighted by molar-refractivity contribution is 0.0628. The number of piperazine rings is 1. The van der Waals surface area contributed by atoms with Crippen molar-refractivity contribution in [3.8, 4) is 11.3 Å². The van der Waals surface area contributed by atoms with Gasteiger partial charge >= 0.3 is 0 Å². The van der Waals surface area contributed by atoms with Crippen molar-refractivity contribution in [2.45, 2.75) is 13.5 Å². The number of anilines is 2. The van der Waals surface area contributed by atoms with Crippen LogP contribution in [0.2, 0.25) is 0 Å². The molecule has 1 aliphatic heterocycles. The topological polar surface area (TPSA) is 78.7 Å². The van der Waals surface area contributed by atoms with Gasteiger partial charge in [-0.05, 0) is 48.9 Å². The molecule has 0 saturated carbocycles. The number of fused-ring (bicyclic) bond motifs is 1. The summed E-state index contributed by atoms with van der Waals surface area (Å²) in [5, 5.41) is 8.08. The van der Waals surface area contributed by atoms with Crippen LogP contribution in [0.5, 0.6) is 0 Å². The molecule has 0 atom stereocenters. The molecule has 4 heterocycles. The Morgan fingerprint density at radius 2 is 1.63 bits per heavy atom. The zero-order valence-electron chi connectivity index (χ0n) is 21.3. The summed E-state index contributed by atoms with van der Waals surface area (Å²) in [6, 6.07) is 25.8. The van der Waals surface area contributed by atoms with Crippen molar-refractivity contribution < 1.29 is 4.79 Å². The van der Waals surface area contributed by atoms with E-state index in [-0.39, 0.29) is 5.91 Å². The van der Waals surface area contributed by atoms with Crippen molar-refractivity contribution >= 4 is 23.1 Å². The van der Waals surface area contributed by atoms with Crippen molar-refractivity contribution in [1.29, 1.82) is 0 Å². The Morgan fingerprint density at radius 3 is 2.37 bits per heavy atom. The van der Waals surface area contributed by atoms with E-state index in [1.54, 1.807) is 0 Å². The number of hydrogen-bond acceptors (Lipinski definition) is 6. The number of amides is 1. The summed E-state index contributed by atoms with van der Waals surface area (Å²) >= 11 is 0. The number of carbonyl (C=O) groups is 1. The van der Waals surface area contributed by atoms with Crippen molar-refractivity contribution in [1.82, 2.24) is 29.4 Å². The lowest BCUT2D eigenvalue weighted by Gasteiger charge is -2.34. The van der Waals surface area contributed by atoms with Crippen LogP contribution < -0.4 is 5.32 Å². The highest BCUT2D eigenvalue weighted by atomic mass is 16.2. The molecule has 1 fully saturated rings. The minimum Gasteiger partial charge on any atom is -0.340 e. The fourth-order valence-corrected chi connectivity index (χ4v) is 4.82. The predicted molar refractivity (Wildman–Crippen MR) is 148 cm³/mol. The molecule has 1 N–H and O–H groups in total. The third-order valence-electron chi connectivity index (χ3n) is 6.84. The van der Waals surface area contributed by atoms with Crippen LogP contribution in [0.25, 0.3) is 16.9 Å². The van der Waals surface area contributed by atoms with Crippen molar-refractivity contribution in [3.63, 3.8) is 0 Å². The van der Waals surface area contributed by atoms with E-state index >= 15 is 0 Å². The van der Waals surface area contributed by atoms with Gasteiger partial charge in [0.25, 0.3) is 5.91 Å². The van der Waals surface area contributed by atoms with Gasteiger partial charge in [-0.1, -0.05) is 30.3 Å². The minimum atomic E-state index is 0.0699. The average Bonchev–Trinajstić information content (AvgIpc) is 3.35. The molecular weight excluding hydrogens is 474 g/mol. The molecule has 0 unspecified atom stereocenters. The molecule has 0 radical (unpaired) electrons. The van der Waals surface area contributed by atoms with E-state index in [2.05, 4.69) is 20.3 Å². The van der Waals surface area contributed by atoms with Gasteiger partial charge in [-0.3, -0.25) is 14.7 Å². The van der Waals surface area contributed by atoms with E-state index in [9.17, 15) is 4.79 Å². The second-order valence-corrected chi connectivity index (χ2v) is 9.57. The summed E-state index contributed by atoms with van der Waals surface area (Å²) in [5.74, 6) is 0.881. The third-order valence-corrected chi connectivity index (χ3v) is 6.84. The Hall–Kier alpha value is -4.56. The smallest absolute Gasteiger partial charge is 0.253 e. The number of carbonyl (C=O) groups excluding carboxylic acids is 1. The Morgan fingerprint density at radius 1 is 0.895 bits per heavy atom. The lowest BCUT2D eigenvalue weighted by atomic mass is 10.1. The highest BCUT2D eigenvalue weighted by Gasteiger charge is 2.22. The normalized spacial score (nSPS) is 14.1. The third kappa shape index (κ3) is 5.12. The Kier molecular flexibility index (Phi) is 6.54. The first-order chi connectivity index (χ1) is 18.6. The standard InChI is InChI=1S/C30H29N7O/c1-22-19-28-33-27(24-5-3-2-4-6-24)20-29(37(28)34-22)32-26-9-7-25(8-10-26)30(38)36-17-15-35(16-18-36)21-23-11-13-31-14-12-23/h2-14,19-20,32H,15-18,21H2,1H3. The second kappa shape index (κ2) is 10.4. The fraction of sp³-hybridized carbons (Fsp3) is 0.200. The summed E-state index contributed by atoms with van der Waals surface area (Å²) in [4.78, 5) is 26.4. The lowest BCUT2D eigenvalue weighted by Crippen LogP contribution is -2.48. The molecule has 0 aliphatic carbocycles. The number of rotatable bonds is 6. The number of hydrogen-bond donors (Lipinski definition) is 1. The molecular formula is C30H29N7O. The largest absolute Gasteiger partial charge is 0.340 e. The average molecular weight is 504 g/mol. The number of benzene rings is 2. The quantitative estimate of drug-likeness (QED) is 0.359. The summed E-state index contributed by atoms with van der Waals surface area (Å²) in [7, 11) is 0. The number of pyridine rings is 1. The van der Waals surface area contributed by atoms with E-state index < -0.39 is 0 Å². The van der Waals surface area contributed by atoms with Gasteiger partial charge in [0, 0.05) is 74.1 Å². The minimum absolute atomic E-state index is 0.0699. The highest BCUT2D eigenvalue weighted by molar-refractivity contribution is 5.94. The Balaban J connectivity index is 1.14. The van der Waals surface area contributed by atoms with Crippen LogP contribution >= 0.6 is 0 Å². The molecule has 0 bridgehead atoms. The molecule has 190 valence electrons. The summed E-state index contributed by atoms with van der Waals surface area (Å²) < 4.78 is 1.81. The van der Waals surface area contributed by atoms with Crippen LogP contribution in [-0.4, -0.2) is 61.5 Å². The van der Waals surface area contributed by atoms with Gasteiger partial charge in [0.05, 0.1) is 11.4 Å². The molecule has 8 heteroatoms. The molecule has 2 aromatic carbocycles. The monoisotopic (exact) mass is 503 g/mol. The van der Waals surface area contributed by atoms with Crippen LogP contribution in [-0.2, 0) is 6.54 Å². The van der Waals surface area contributed by atoms with Crippen LogP contribution in [0.15, 0.2) is 91.3 Å². The Bertz CT molecular complexity index is 1540. The maximum Gasteiger partial charge on any atom is 0.253 e.